The molecule has 9 heteroatoms. The van der Waals surface area contributed by atoms with Gasteiger partial charge in [0.1, 0.15) is 19.3 Å². The highest BCUT2D eigenvalue weighted by atomic mass is 35.5. The van der Waals surface area contributed by atoms with Crippen molar-refractivity contribution in [3.8, 4) is 11.5 Å². The molecule has 1 heterocycles. The SMILES string of the molecule is CC(NC(=O)C(C)N(c1ccc(Cl)cc1)S(C)(=O)=O)c1ccc2c(c1)OCCO2. The zero-order valence-electron chi connectivity index (χ0n) is 16.4. The molecule has 1 aliphatic rings. The third kappa shape index (κ3) is 4.94. The summed E-state index contributed by atoms with van der Waals surface area (Å²) in [5, 5.41) is 3.35. The lowest BCUT2D eigenvalue weighted by Crippen LogP contribution is -2.48. The van der Waals surface area contributed by atoms with Gasteiger partial charge in [0.15, 0.2) is 11.5 Å². The van der Waals surface area contributed by atoms with Crippen molar-refractivity contribution < 1.29 is 22.7 Å². The third-order valence-corrected chi connectivity index (χ3v) is 6.09. The van der Waals surface area contributed by atoms with Crippen LogP contribution in [0.1, 0.15) is 25.5 Å². The molecule has 7 nitrogen and oxygen atoms in total. The van der Waals surface area contributed by atoms with Crippen molar-refractivity contribution >= 4 is 33.2 Å². The highest BCUT2D eigenvalue weighted by Gasteiger charge is 2.30. The van der Waals surface area contributed by atoms with E-state index >= 15 is 0 Å². The van der Waals surface area contributed by atoms with Gasteiger partial charge in [-0.1, -0.05) is 17.7 Å². The first kappa shape index (κ1) is 21.3. The van der Waals surface area contributed by atoms with Crippen LogP contribution in [0.2, 0.25) is 5.02 Å². The lowest BCUT2D eigenvalue weighted by atomic mass is 10.1. The quantitative estimate of drug-likeness (QED) is 0.748. The van der Waals surface area contributed by atoms with Gasteiger partial charge in [0.05, 0.1) is 18.0 Å². The molecule has 1 N–H and O–H groups in total. The van der Waals surface area contributed by atoms with Crippen LogP contribution in [-0.4, -0.2) is 39.8 Å². The highest BCUT2D eigenvalue weighted by molar-refractivity contribution is 7.92. The normalized spacial score (nSPS) is 15.3. The zero-order valence-corrected chi connectivity index (χ0v) is 18.0. The van der Waals surface area contributed by atoms with Gasteiger partial charge >= 0.3 is 0 Å². The number of benzene rings is 2. The van der Waals surface area contributed by atoms with E-state index in [4.69, 9.17) is 21.1 Å². The van der Waals surface area contributed by atoms with Crippen LogP contribution >= 0.6 is 11.6 Å². The summed E-state index contributed by atoms with van der Waals surface area (Å²) in [7, 11) is -3.69. The summed E-state index contributed by atoms with van der Waals surface area (Å²) in [6.07, 6.45) is 1.07. The summed E-state index contributed by atoms with van der Waals surface area (Å²) in [5.74, 6) is 0.868. The lowest BCUT2D eigenvalue weighted by Gasteiger charge is -2.29. The second-order valence-corrected chi connectivity index (χ2v) is 9.14. The van der Waals surface area contributed by atoms with E-state index < -0.39 is 22.0 Å². The van der Waals surface area contributed by atoms with Gasteiger partial charge in [-0.3, -0.25) is 9.10 Å². The number of carbonyl (C=O) groups excluding carboxylic acids is 1. The summed E-state index contributed by atoms with van der Waals surface area (Å²) in [4.78, 5) is 12.8. The molecule has 2 aromatic rings. The molecule has 2 atom stereocenters. The minimum absolute atomic E-state index is 0.354. The maximum atomic E-state index is 12.8. The third-order valence-electron chi connectivity index (χ3n) is 4.59. The minimum atomic E-state index is -3.69. The van der Waals surface area contributed by atoms with Crippen molar-refractivity contribution in [3.63, 3.8) is 0 Å². The lowest BCUT2D eigenvalue weighted by molar-refractivity contribution is -0.122. The second kappa shape index (κ2) is 8.51. The molecule has 1 aliphatic heterocycles. The minimum Gasteiger partial charge on any atom is -0.486 e. The summed E-state index contributed by atoms with van der Waals surface area (Å²) in [5.41, 5.74) is 1.19. The highest BCUT2D eigenvalue weighted by Crippen LogP contribution is 2.32. The molecule has 0 bridgehead atoms. The topological polar surface area (TPSA) is 84.9 Å². The number of carbonyl (C=O) groups is 1. The van der Waals surface area contributed by atoms with Crippen molar-refractivity contribution in [3.05, 3.63) is 53.1 Å². The first-order chi connectivity index (χ1) is 13.7. The summed E-state index contributed by atoms with van der Waals surface area (Å²) >= 11 is 5.89. The summed E-state index contributed by atoms with van der Waals surface area (Å²) in [6.45, 7) is 4.34. The maximum absolute atomic E-state index is 12.8. The van der Waals surface area contributed by atoms with Crippen molar-refractivity contribution in [2.24, 2.45) is 0 Å². The average molecular weight is 439 g/mol. The number of nitrogens with zero attached hydrogens (tertiary/aromatic N) is 1. The molecule has 0 aromatic heterocycles. The number of anilines is 1. The molecule has 0 aliphatic carbocycles. The van der Waals surface area contributed by atoms with Crippen LogP contribution < -0.4 is 19.1 Å². The number of amides is 1. The van der Waals surface area contributed by atoms with Crippen LogP contribution in [0, 0.1) is 0 Å². The average Bonchev–Trinajstić information content (AvgIpc) is 2.68. The first-order valence-corrected chi connectivity index (χ1v) is 11.3. The first-order valence-electron chi connectivity index (χ1n) is 9.11. The van der Waals surface area contributed by atoms with Crippen molar-refractivity contribution in [2.75, 3.05) is 23.8 Å². The molecule has 0 radical (unpaired) electrons. The molecule has 2 aromatic carbocycles. The number of nitrogens with one attached hydrogen (secondary N) is 1. The van der Waals surface area contributed by atoms with Gasteiger partial charge in [-0.25, -0.2) is 8.42 Å². The second-order valence-electron chi connectivity index (χ2n) is 6.84. The Hall–Kier alpha value is -2.45. The van der Waals surface area contributed by atoms with Crippen LogP contribution in [0.3, 0.4) is 0 Å². The number of sulfonamides is 1. The molecule has 0 saturated heterocycles. The smallest absolute Gasteiger partial charge is 0.244 e. The fourth-order valence-corrected chi connectivity index (χ4v) is 4.44. The Balaban J connectivity index is 1.78. The Kier molecular flexibility index (Phi) is 6.24. The van der Waals surface area contributed by atoms with Crippen LogP contribution in [-0.2, 0) is 14.8 Å². The fourth-order valence-electron chi connectivity index (χ4n) is 3.14. The predicted molar refractivity (Wildman–Crippen MR) is 112 cm³/mol. The number of hydrogen-bond donors (Lipinski definition) is 1. The zero-order chi connectivity index (χ0) is 21.2. The number of halogens is 1. The number of rotatable bonds is 6. The number of hydrogen-bond acceptors (Lipinski definition) is 5. The molecular weight excluding hydrogens is 416 g/mol. The molecule has 1 amide bonds. The van der Waals surface area contributed by atoms with Gasteiger partial charge in [0.25, 0.3) is 0 Å². The van der Waals surface area contributed by atoms with Gasteiger partial charge in [-0.15, -0.1) is 0 Å². The van der Waals surface area contributed by atoms with Crippen LogP contribution in [0.25, 0.3) is 0 Å². The standard InChI is InChI=1S/C20H23ClN2O5S/c1-13(15-4-9-18-19(12-15)28-11-10-27-18)22-20(24)14(2)23(29(3,25)26)17-7-5-16(21)6-8-17/h4-9,12-14H,10-11H2,1-3H3,(H,22,24). The molecule has 0 saturated carbocycles. The molecule has 0 fully saturated rings. The molecule has 156 valence electrons. The van der Waals surface area contributed by atoms with Crippen LogP contribution in [0.5, 0.6) is 11.5 Å². The van der Waals surface area contributed by atoms with Gasteiger partial charge in [0.2, 0.25) is 15.9 Å². The van der Waals surface area contributed by atoms with E-state index in [0.29, 0.717) is 35.4 Å². The van der Waals surface area contributed by atoms with Crippen molar-refractivity contribution in [2.45, 2.75) is 25.9 Å². The predicted octanol–water partition coefficient (Wildman–Crippen LogP) is 3.14. The van der Waals surface area contributed by atoms with E-state index in [9.17, 15) is 13.2 Å². The van der Waals surface area contributed by atoms with Gasteiger partial charge in [-0.2, -0.15) is 0 Å². The largest absolute Gasteiger partial charge is 0.486 e. The van der Waals surface area contributed by atoms with Gasteiger partial charge in [-0.05, 0) is 55.8 Å². The Morgan fingerprint density at radius 3 is 2.31 bits per heavy atom. The Labute approximate surface area is 175 Å². The summed E-state index contributed by atoms with van der Waals surface area (Å²) < 4.78 is 36.9. The molecular formula is C20H23ClN2O5S. The van der Waals surface area contributed by atoms with E-state index in [0.717, 1.165) is 16.1 Å². The Morgan fingerprint density at radius 2 is 1.69 bits per heavy atom. The van der Waals surface area contributed by atoms with E-state index in [1.54, 1.807) is 37.3 Å². The number of ether oxygens (including phenoxy) is 2. The molecule has 3 rings (SSSR count). The Bertz CT molecular complexity index is 994. The Morgan fingerprint density at radius 1 is 1.07 bits per heavy atom. The molecule has 0 spiro atoms. The molecule has 29 heavy (non-hydrogen) atoms. The summed E-state index contributed by atoms with van der Waals surface area (Å²) in [6, 6.07) is 10.4. The monoisotopic (exact) mass is 438 g/mol. The van der Waals surface area contributed by atoms with Gasteiger partial charge in [0, 0.05) is 5.02 Å². The number of fused-ring (bicyclic) bond motifs is 1. The van der Waals surface area contributed by atoms with Crippen LogP contribution in [0.15, 0.2) is 42.5 Å². The van der Waals surface area contributed by atoms with E-state index in [-0.39, 0.29) is 6.04 Å². The van der Waals surface area contributed by atoms with E-state index in [1.807, 2.05) is 19.1 Å². The van der Waals surface area contributed by atoms with Crippen molar-refractivity contribution in [1.29, 1.82) is 0 Å². The maximum Gasteiger partial charge on any atom is 0.244 e. The van der Waals surface area contributed by atoms with Crippen molar-refractivity contribution in [1.82, 2.24) is 5.32 Å². The van der Waals surface area contributed by atoms with Crippen LogP contribution in [0.4, 0.5) is 5.69 Å². The van der Waals surface area contributed by atoms with Gasteiger partial charge < -0.3 is 14.8 Å². The van der Waals surface area contributed by atoms with E-state index in [2.05, 4.69) is 5.32 Å². The molecule has 2 unspecified atom stereocenters. The fraction of sp³-hybridized carbons (Fsp3) is 0.350. The van der Waals surface area contributed by atoms with E-state index in [1.165, 1.54) is 0 Å².